The molecule has 1 aromatic carbocycles. The van der Waals surface area contributed by atoms with Crippen LogP contribution in [0.5, 0.6) is 0 Å². The number of rotatable bonds is 3. The number of aliphatic hydroxyl groups is 1. The van der Waals surface area contributed by atoms with Gasteiger partial charge in [0, 0.05) is 10.9 Å². The van der Waals surface area contributed by atoms with Crippen LogP contribution in [-0.2, 0) is 11.2 Å². The lowest BCUT2D eigenvalue weighted by Crippen LogP contribution is -2.53. The second-order valence-corrected chi connectivity index (χ2v) is 4.29. The van der Waals surface area contributed by atoms with E-state index in [4.69, 9.17) is 5.11 Å². The van der Waals surface area contributed by atoms with E-state index in [1.165, 1.54) is 18.2 Å². The lowest BCUT2D eigenvalue weighted by molar-refractivity contribution is -0.259. The number of carbonyl (C=O) groups is 1. The number of benzene rings is 1. The Morgan fingerprint density at radius 3 is 2.24 bits per heavy atom. The summed E-state index contributed by atoms with van der Waals surface area (Å²) in [5.41, 5.74) is -3.72. The minimum atomic E-state index is -5.24. The molecule has 0 aliphatic carbocycles. The van der Waals surface area contributed by atoms with E-state index in [1.54, 1.807) is 6.07 Å². The minimum absolute atomic E-state index is 0.0646. The average molecular weight is 313 g/mol. The van der Waals surface area contributed by atoms with Gasteiger partial charge in [-0.25, -0.2) is 4.79 Å². The van der Waals surface area contributed by atoms with Crippen molar-refractivity contribution < 1.29 is 28.2 Å². The number of carboxylic acids is 1. The third kappa shape index (κ3) is 2.78. The Bertz CT molecular complexity index is 433. The van der Waals surface area contributed by atoms with Gasteiger partial charge < -0.3 is 10.2 Å². The predicted molar refractivity (Wildman–Crippen MR) is 56.5 cm³/mol. The van der Waals surface area contributed by atoms with Gasteiger partial charge in [-0.2, -0.15) is 13.2 Å². The fourth-order valence-electron chi connectivity index (χ4n) is 1.21. The number of carboxylic acid groups (broad SMARTS) is 1. The van der Waals surface area contributed by atoms with Crippen LogP contribution in [0.4, 0.5) is 13.2 Å². The lowest BCUT2D eigenvalue weighted by Gasteiger charge is -2.26. The molecular formula is C10H8BrF3O3. The largest absolute Gasteiger partial charge is 0.479 e. The summed E-state index contributed by atoms with van der Waals surface area (Å²) in [7, 11) is 0. The van der Waals surface area contributed by atoms with E-state index in [-0.39, 0.29) is 5.56 Å². The molecule has 0 aromatic heterocycles. The molecule has 0 aliphatic rings. The van der Waals surface area contributed by atoms with Crippen LogP contribution in [0, 0.1) is 0 Å². The Kier molecular flexibility index (Phi) is 3.83. The van der Waals surface area contributed by atoms with Crippen molar-refractivity contribution in [2.75, 3.05) is 0 Å². The summed E-state index contributed by atoms with van der Waals surface area (Å²) in [5, 5.41) is 17.8. The molecule has 17 heavy (non-hydrogen) atoms. The Balaban J connectivity index is 3.13. The molecule has 0 heterocycles. The second kappa shape index (κ2) is 4.66. The van der Waals surface area contributed by atoms with Gasteiger partial charge in [0.05, 0.1) is 0 Å². The average Bonchev–Trinajstić information content (AvgIpc) is 2.19. The van der Waals surface area contributed by atoms with Gasteiger partial charge in [0.2, 0.25) is 0 Å². The summed E-state index contributed by atoms with van der Waals surface area (Å²) < 4.78 is 37.9. The molecule has 7 heteroatoms. The summed E-state index contributed by atoms with van der Waals surface area (Å²) in [6.45, 7) is 0. The quantitative estimate of drug-likeness (QED) is 0.901. The molecule has 0 saturated heterocycles. The topological polar surface area (TPSA) is 57.5 Å². The molecule has 3 nitrogen and oxygen atoms in total. The predicted octanol–water partition coefficient (Wildman–Crippen LogP) is 2.37. The Hall–Kier alpha value is -1.08. The monoisotopic (exact) mass is 312 g/mol. The first-order valence-corrected chi connectivity index (χ1v) is 5.23. The standard InChI is InChI=1S/C10H8BrF3O3/c11-7-4-2-1-3-6(7)5-9(17,8(15)16)10(12,13)14/h1-4,17H,5H2,(H,15,16). The van der Waals surface area contributed by atoms with Crippen molar-refractivity contribution >= 4 is 21.9 Å². The van der Waals surface area contributed by atoms with Crippen LogP contribution in [0.15, 0.2) is 28.7 Å². The fraction of sp³-hybridized carbons (Fsp3) is 0.300. The van der Waals surface area contributed by atoms with Crippen molar-refractivity contribution in [3.8, 4) is 0 Å². The Morgan fingerprint density at radius 1 is 1.29 bits per heavy atom. The van der Waals surface area contributed by atoms with Crippen LogP contribution >= 0.6 is 15.9 Å². The number of hydrogen-bond donors (Lipinski definition) is 2. The van der Waals surface area contributed by atoms with Crippen molar-refractivity contribution in [2.45, 2.75) is 18.2 Å². The van der Waals surface area contributed by atoms with E-state index in [0.717, 1.165) is 0 Å². The smallest absolute Gasteiger partial charge is 0.428 e. The maximum Gasteiger partial charge on any atom is 0.428 e. The van der Waals surface area contributed by atoms with Crippen LogP contribution in [0.2, 0.25) is 0 Å². The number of hydrogen-bond acceptors (Lipinski definition) is 2. The van der Waals surface area contributed by atoms with E-state index < -0.39 is 24.2 Å². The van der Waals surface area contributed by atoms with E-state index in [9.17, 15) is 23.1 Å². The number of alkyl halides is 3. The van der Waals surface area contributed by atoms with Crippen molar-refractivity contribution in [1.82, 2.24) is 0 Å². The zero-order valence-corrected chi connectivity index (χ0v) is 9.92. The molecular weight excluding hydrogens is 305 g/mol. The third-order valence-corrected chi connectivity index (χ3v) is 3.00. The molecule has 0 aliphatic heterocycles. The molecule has 2 N–H and O–H groups in total. The Morgan fingerprint density at radius 2 is 1.82 bits per heavy atom. The second-order valence-electron chi connectivity index (χ2n) is 3.43. The molecule has 0 amide bonds. The van der Waals surface area contributed by atoms with Gasteiger partial charge in [0.1, 0.15) is 0 Å². The summed E-state index contributed by atoms with van der Waals surface area (Å²) in [4.78, 5) is 10.6. The SMILES string of the molecule is O=C(O)C(O)(Cc1ccccc1Br)C(F)(F)F. The Labute approximate surface area is 103 Å². The van der Waals surface area contributed by atoms with Gasteiger partial charge in [-0.15, -0.1) is 0 Å². The molecule has 1 aromatic rings. The fourth-order valence-corrected chi connectivity index (χ4v) is 1.64. The van der Waals surface area contributed by atoms with Gasteiger partial charge in [-0.3, -0.25) is 0 Å². The zero-order chi connectivity index (χ0) is 13.3. The van der Waals surface area contributed by atoms with E-state index in [2.05, 4.69) is 15.9 Å². The lowest BCUT2D eigenvalue weighted by atomic mass is 9.94. The summed E-state index contributed by atoms with van der Waals surface area (Å²) in [6.07, 6.45) is -6.29. The number of aliphatic carboxylic acids is 1. The zero-order valence-electron chi connectivity index (χ0n) is 8.33. The molecule has 0 fully saturated rings. The van der Waals surface area contributed by atoms with Crippen LogP contribution in [0.3, 0.4) is 0 Å². The number of halogens is 4. The minimum Gasteiger partial charge on any atom is -0.479 e. The molecule has 0 radical (unpaired) electrons. The first-order chi connectivity index (χ1) is 7.68. The molecule has 94 valence electrons. The van der Waals surface area contributed by atoms with Gasteiger partial charge in [0.25, 0.3) is 5.60 Å². The molecule has 0 bridgehead atoms. The van der Waals surface area contributed by atoms with E-state index >= 15 is 0 Å². The normalized spacial score (nSPS) is 15.4. The van der Waals surface area contributed by atoms with Crippen molar-refractivity contribution in [1.29, 1.82) is 0 Å². The third-order valence-electron chi connectivity index (χ3n) is 2.23. The first-order valence-electron chi connectivity index (χ1n) is 4.44. The molecule has 0 saturated carbocycles. The molecule has 0 spiro atoms. The summed E-state index contributed by atoms with van der Waals surface area (Å²) in [6, 6.07) is 5.80. The molecule has 1 rings (SSSR count). The maximum atomic E-state index is 12.5. The highest BCUT2D eigenvalue weighted by Crippen LogP contribution is 2.35. The highest BCUT2D eigenvalue weighted by atomic mass is 79.9. The van der Waals surface area contributed by atoms with Crippen LogP contribution in [0.1, 0.15) is 5.56 Å². The highest BCUT2D eigenvalue weighted by Gasteiger charge is 2.60. The van der Waals surface area contributed by atoms with Crippen LogP contribution < -0.4 is 0 Å². The van der Waals surface area contributed by atoms with Gasteiger partial charge >= 0.3 is 12.1 Å². The van der Waals surface area contributed by atoms with Crippen molar-refractivity contribution in [2.24, 2.45) is 0 Å². The molecule has 1 atom stereocenters. The van der Waals surface area contributed by atoms with Crippen molar-refractivity contribution in [3.05, 3.63) is 34.3 Å². The van der Waals surface area contributed by atoms with Gasteiger partial charge in [-0.05, 0) is 11.6 Å². The first kappa shape index (κ1) is 14.0. The summed E-state index contributed by atoms with van der Waals surface area (Å²) >= 11 is 2.99. The van der Waals surface area contributed by atoms with E-state index in [1.807, 2.05) is 0 Å². The van der Waals surface area contributed by atoms with Crippen LogP contribution in [0.25, 0.3) is 0 Å². The van der Waals surface area contributed by atoms with Gasteiger partial charge in [0.15, 0.2) is 0 Å². The summed E-state index contributed by atoms with van der Waals surface area (Å²) in [5.74, 6) is -2.32. The highest BCUT2D eigenvalue weighted by molar-refractivity contribution is 9.10. The van der Waals surface area contributed by atoms with Crippen LogP contribution in [-0.4, -0.2) is 28.0 Å². The maximum absolute atomic E-state index is 12.5. The van der Waals surface area contributed by atoms with Crippen molar-refractivity contribution in [3.63, 3.8) is 0 Å². The van der Waals surface area contributed by atoms with E-state index in [0.29, 0.717) is 4.47 Å². The molecule has 1 unspecified atom stereocenters. The van der Waals surface area contributed by atoms with Gasteiger partial charge in [-0.1, -0.05) is 34.1 Å².